The van der Waals surface area contributed by atoms with Gasteiger partial charge in [-0.25, -0.2) is 0 Å². The minimum absolute atomic E-state index is 0.532. The molecule has 13 heavy (non-hydrogen) atoms. The van der Waals surface area contributed by atoms with Crippen LogP contribution in [0.4, 0.5) is 0 Å². The number of aliphatic hydroxyl groups is 1. The molecule has 2 N–H and O–H groups in total. The van der Waals surface area contributed by atoms with E-state index >= 15 is 0 Å². The summed E-state index contributed by atoms with van der Waals surface area (Å²) in [5.41, 5.74) is -0.532. The van der Waals surface area contributed by atoms with Crippen molar-refractivity contribution < 1.29 is 5.11 Å². The van der Waals surface area contributed by atoms with E-state index < -0.39 is 5.60 Å². The second-order valence-corrected chi connectivity index (χ2v) is 3.42. The number of unbranched alkanes of at least 4 members (excludes halogenated alkanes) is 1. The molecule has 0 aromatic carbocycles. The van der Waals surface area contributed by atoms with Crippen LogP contribution < -0.4 is 5.32 Å². The van der Waals surface area contributed by atoms with Crippen molar-refractivity contribution in [2.24, 2.45) is 0 Å². The fourth-order valence-corrected chi connectivity index (χ4v) is 1.14. The summed E-state index contributed by atoms with van der Waals surface area (Å²) in [6, 6.07) is 0. The first kappa shape index (κ1) is 12.5. The summed E-state index contributed by atoms with van der Waals surface area (Å²) in [5, 5.41) is 13.1. The molecule has 0 aliphatic rings. The molecule has 76 valence electrons. The lowest BCUT2D eigenvalue weighted by Crippen LogP contribution is -2.39. The second kappa shape index (κ2) is 6.94. The monoisotopic (exact) mass is 183 g/mol. The van der Waals surface area contributed by atoms with Gasteiger partial charge in [0.2, 0.25) is 0 Å². The van der Waals surface area contributed by atoms with E-state index in [2.05, 4.69) is 11.2 Å². The van der Waals surface area contributed by atoms with Gasteiger partial charge in [0.05, 0.1) is 5.60 Å². The number of hydrogen-bond acceptors (Lipinski definition) is 2. The van der Waals surface area contributed by atoms with Gasteiger partial charge in [-0.1, -0.05) is 13.8 Å². The van der Waals surface area contributed by atoms with Gasteiger partial charge in [0.1, 0.15) is 0 Å². The summed E-state index contributed by atoms with van der Waals surface area (Å²) >= 11 is 0. The lowest BCUT2D eigenvalue weighted by Gasteiger charge is -2.25. The molecule has 0 fully saturated rings. The van der Waals surface area contributed by atoms with E-state index in [0.717, 1.165) is 32.2 Å². The molecule has 0 amide bonds. The third kappa shape index (κ3) is 5.68. The van der Waals surface area contributed by atoms with E-state index in [9.17, 15) is 5.11 Å². The van der Waals surface area contributed by atoms with Crippen LogP contribution in [0.2, 0.25) is 0 Å². The Balaban J connectivity index is 3.45. The number of hydrogen-bond donors (Lipinski definition) is 2. The Morgan fingerprint density at radius 2 is 2.00 bits per heavy atom. The molecule has 0 aromatic rings. The first-order valence-electron chi connectivity index (χ1n) is 5.05. The molecule has 2 heteroatoms. The molecule has 0 atom stereocenters. The lowest BCUT2D eigenvalue weighted by molar-refractivity contribution is 0.0327. The molecule has 0 radical (unpaired) electrons. The highest BCUT2D eigenvalue weighted by molar-refractivity contribution is 4.83. The Morgan fingerprint density at radius 3 is 2.46 bits per heavy atom. The van der Waals surface area contributed by atoms with Gasteiger partial charge in [0.25, 0.3) is 0 Å². The number of terminal acetylenes is 1. The van der Waals surface area contributed by atoms with Crippen molar-refractivity contribution in [2.75, 3.05) is 13.1 Å². The molecule has 0 bridgehead atoms. The second-order valence-electron chi connectivity index (χ2n) is 3.42. The predicted molar refractivity (Wildman–Crippen MR) is 56.5 cm³/mol. The highest BCUT2D eigenvalue weighted by Crippen LogP contribution is 2.12. The van der Waals surface area contributed by atoms with Crippen LogP contribution in [-0.4, -0.2) is 23.8 Å². The first-order valence-corrected chi connectivity index (χ1v) is 5.05. The normalized spacial score (nSPS) is 11.2. The smallest absolute Gasteiger partial charge is 0.0766 e. The van der Waals surface area contributed by atoms with E-state index in [4.69, 9.17) is 6.42 Å². The number of nitrogens with one attached hydrogen (secondary N) is 1. The van der Waals surface area contributed by atoms with Crippen LogP contribution in [0.5, 0.6) is 0 Å². The highest BCUT2D eigenvalue weighted by atomic mass is 16.3. The lowest BCUT2D eigenvalue weighted by atomic mass is 9.98. The summed E-state index contributed by atoms with van der Waals surface area (Å²) in [5.74, 6) is 2.59. The summed E-state index contributed by atoms with van der Waals surface area (Å²) in [4.78, 5) is 0. The van der Waals surface area contributed by atoms with Gasteiger partial charge < -0.3 is 10.4 Å². The minimum atomic E-state index is -0.532. The Hall–Kier alpha value is -0.520. The zero-order chi connectivity index (χ0) is 10.2. The van der Waals surface area contributed by atoms with Crippen LogP contribution in [0.3, 0.4) is 0 Å². The van der Waals surface area contributed by atoms with Gasteiger partial charge >= 0.3 is 0 Å². The van der Waals surface area contributed by atoms with E-state index in [1.807, 2.05) is 13.8 Å². The quantitative estimate of drug-likeness (QED) is 0.463. The third-order valence-corrected chi connectivity index (χ3v) is 2.44. The predicted octanol–water partition coefficient (Wildman–Crippen LogP) is 1.54. The fourth-order valence-electron chi connectivity index (χ4n) is 1.14. The minimum Gasteiger partial charge on any atom is -0.389 e. The van der Waals surface area contributed by atoms with Gasteiger partial charge in [-0.15, -0.1) is 12.3 Å². The third-order valence-electron chi connectivity index (χ3n) is 2.44. The summed E-state index contributed by atoms with van der Waals surface area (Å²) in [7, 11) is 0. The zero-order valence-electron chi connectivity index (χ0n) is 8.77. The number of rotatable bonds is 7. The molecule has 0 spiro atoms. The molecule has 0 saturated carbocycles. The van der Waals surface area contributed by atoms with Crippen molar-refractivity contribution in [1.82, 2.24) is 5.32 Å². The molecular formula is C11H21NO. The molecule has 0 aliphatic heterocycles. The molecule has 0 rings (SSSR count). The van der Waals surface area contributed by atoms with Crippen molar-refractivity contribution in [2.45, 2.75) is 45.1 Å². The Labute approximate surface area is 81.7 Å². The van der Waals surface area contributed by atoms with Crippen LogP contribution in [0, 0.1) is 12.3 Å². The van der Waals surface area contributed by atoms with Gasteiger partial charge in [-0.2, -0.15) is 0 Å². The summed E-state index contributed by atoms with van der Waals surface area (Å²) in [6.07, 6.45) is 8.51. The maximum atomic E-state index is 9.88. The van der Waals surface area contributed by atoms with Crippen molar-refractivity contribution in [3.8, 4) is 12.3 Å². The van der Waals surface area contributed by atoms with Crippen molar-refractivity contribution in [3.05, 3.63) is 0 Å². The molecule has 0 saturated heterocycles. The molecule has 0 aliphatic carbocycles. The maximum Gasteiger partial charge on any atom is 0.0766 e. The van der Waals surface area contributed by atoms with E-state index in [1.165, 1.54) is 0 Å². The molecule has 0 unspecified atom stereocenters. The van der Waals surface area contributed by atoms with Gasteiger partial charge in [-0.05, 0) is 25.8 Å². The van der Waals surface area contributed by atoms with E-state index in [1.54, 1.807) is 0 Å². The Morgan fingerprint density at radius 1 is 1.38 bits per heavy atom. The topological polar surface area (TPSA) is 32.3 Å². The van der Waals surface area contributed by atoms with Crippen LogP contribution in [-0.2, 0) is 0 Å². The van der Waals surface area contributed by atoms with Crippen LogP contribution in [0.1, 0.15) is 39.5 Å². The maximum absolute atomic E-state index is 9.88. The molecule has 0 aromatic heterocycles. The van der Waals surface area contributed by atoms with Crippen LogP contribution in [0.25, 0.3) is 0 Å². The first-order chi connectivity index (χ1) is 6.18. The zero-order valence-corrected chi connectivity index (χ0v) is 8.77. The Kier molecular flexibility index (Phi) is 6.66. The Bertz CT molecular complexity index is 156. The molecular weight excluding hydrogens is 162 g/mol. The molecule has 0 heterocycles. The SMILES string of the molecule is C#CCCCNCC(O)(CC)CC. The van der Waals surface area contributed by atoms with Crippen LogP contribution >= 0.6 is 0 Å². The summed E-state index contributed by atoms with van der Waals surface area (Å²) in [6.45, 7) is 5.58. The average Bonchev–Trinajstić information content (AvgIpc) is 2.17. The standard InChI is InChI=1S/C11H21NO/c1-4-7-8-9-12-10-11(13,5-2)6-3/h1,12-13H,5-10H2,2-3H3. The molecule has 2 nitrogen and oxygen atoms in total. The van der Waals surface area contributed by atoms with Crippen LogP contribution in [0.15, 0.2) is 0 Å². The van der Waals surface area contributed by atoms with E-state index in [0.29, 0.717) is 6.54 Å². The van der Waals surface area contributed by atoms with Gasteiger partial charge in [0, 0.05) is 13.0 Å². The highest BCUT2D eigenvalue weighted by Gasteiger charge is 2.20. The van der Waals surface area contributed by atoms with E-state index in [-0.39, 0.29) is 0 Å². The largest absolute Gasteiger partial charge is 0.389 e. The van der Waals surface area contributed by atoms with Crippen molar-refractivity contribution in [1.29, 1.82) is 0 Å². The average molecular weight is 183 g/mol. The van der Waals surface area contributed by atoms with Crippen molar-refractivity contribution >= 4 is 0 Å². The van der Waals surface area contributed by atoms with Gasteiger partial charge in [0.15, 0.2) is 0 Å². The fraction of sp³-hybridized carbons (Fsp3) is 0.818. The van der Waals surface area contributed by atoms with Gasteiger partial charge in [-0.3, -0.25) is 0 Å². The summed E-state index contributed by atoms with van der Waals surface area (Å²) < 4.78 is 0. The van der Waals surface area contributed by atoms with Crippen molar-refractivity contribution in [3.63, 3.8) is 0 Å².